The predicted octanol–water partition coefficient (Wildman–Crippen LogP) is 4.30. The number of rotatable bonds is 7. The van der Waals surface area contributed by atoms with E-state index in [4.69, 9.17) is 0 Å². The Hall–Kier alpha value is -0.0800. The minimum absolute atomic E-state index is 0.236. The highest BCUT2D eigenvalue weighted by Gasteiger charge is 2.34. The van der Waals surface area contributed by atoms with Gasteiger partial charge in [-0.3, -0.25) is 0 Å². The average molecular weight is 283 g/mol. The van der Waals surface area contributed by atoms with Gasteiger partial charge in [0.1, 0.15) is 0 Å². The minimum atomic E-state index is 0.236. The fourth-order valence-corrected chi connectivity index (χ4v) is 3.44. The van der Waals surface area contributed by atoms with Gasteiger partial charge in [0.05, 0.1) is 0 Å². The molecule has 1 saturated carbocycles. The van der Waals surface area contributed by atoms with Gasteiger partial charge in [-0.2, -0.15) is 0 Å². The molecule has 0 aromatic rings. The molecule has 2 heteroatoms. The van der Waals surface area contributed by atoms with Crippen LogP contribution in [0.5, 0.6) is 0 Å². The van der Waals surface area contributed by atoms with Gasteiger partial charge in [0.2, 0.25) is 0 Å². The lowest BCUT2D eigenvalue weighted by molar-refractivity contribution is 0.0911. The summed E-state index contributed by atoms with van der Waals surface area (Å²) in [6, 6.07) is 0. The minimum Gasteiger partial charge on any atom is -0.311 e. The lowest BCUT2D eigenvalue weighted by atomic mass is 9.73. The van der Waals surface area contributed by atoms with Crippen LogP contribution in [-0.2, 0) is 0 Å². The maximum Gasteiger partial charge on any atom is 0.00967 e. The molecule has 20 heavy (non-hydrogen) atoms. The van der Waals surface area contributed by atoms with E-state index in [1.165, 1.54) is 58.3 Å². The molecule has 0 aromatic heterocycles. The molecule has 1 fully saturated rings. The van der Waals surface area contributed by atoms with Gasteiger partial charge in [-0.15, -0.1) is 0 Å². The molecule has 1 rings (SSSR count). The fraction of sp³-hybridized carbons (Fsp3) is 1.00. The SMILES string of the molecule is CCN(CC(C)C)CC1(CNC(C)(C)C)CCCCC1. The molecule has 1 aliphatic rings. The molecule has 0 aliphatic heterocycles. The van der Waals surface area contributed by atoms with Crippen LogP contribution in [0.2, 0.25) is 0 Å². The molecule has 120 valence electrons. The second-order valence-corrected chi connectivity index (χ2v) is 8.39. The van der Waals surface area contributed by atoms with Crippen molar-refractivity contribution >= 4 is 0 Å². The van der Waals surface area contributed by atoms with Crippen molar-refractivity contribution in [1.82, 2.24) is 10.2 Å². The Morgan fingerprint density at radius 2 is 1.70 bits per heavy atom. The van der Waals surface area contributed by atoms with Crippen LogP contribution >= 0.6 is 0 Å². The van der Waals surface area contributed by atoms with E-state index < -0.39 is 0 Å². The molecule has 0 spiro atoms. The lowest BCUT2D eigenvalue weighted by Gasteiger charge is -2.43. The van der Waals surface area contributed by atoms with Gasteiger partial charge in [-0.25, -0.2) is 0 Å². The monoisotopic (exact) mass is 282 g/mol. The van der Waals surface area contributed by atoms with Gasteiger partial charge in [-0.05, 0) is 51.5 Å². The normalized spacial score (nSPS) is 19.8. The van der Waals surface area contributed by atoms with E-state index in [0.29, 0.717) is 5.41 Å². The summed E-state index contributed by atoms with van der Waals surface area (Å²) in [6.07, 6.45) is 7.10. The first-order valence-electron chi connectivity index (χ1n) is 8.74. The van der Waals surface area contributed by atoms with E-state index in [-0.39, 0.29) is 5.54 Å². The number of nitrogens with zero attached hydrogens (tertiary/aromatic N) is 1. The van der Waals surface area contributed by atoms with Gasteiger partial charge in [0.25, 0.3) is 0 Å². The maximum absolute atomic E-state index is 3.79. The van der Waals surface area contributed by atoms with Crippen LogP contribution < -0.4 is 5.32 Å². The summed E-state index contributed by atoms with van der Waals surface area (Å²) in [5.74, 6) is 0.770. The van der Waals surface area contributed by atoms with Crippen LogP contribution in [0.4, 0.5) is 0 Å². The maximum atomic E-state index is 3.79. The Bertz CT molecular complexity index is 259. The third-order valence-electron chi connectivity index (χ3n) is 4.54. The standard InChI is InChI=1S/C18H38N2/c1-7-20(13-16(2)3)15-18(11-9-8-10-12-18)14-19-17(4,5)6/h16,19H,7-15H2,1-6H3. The largest absolute Gasteiger partial charge is 0.311 e. The first-order valence-corrected chi connectivity index (χ1v) is 8.74. The molecule has 0 aromatic carbocycles. The fourth-order valence-electron chi connectivity index (χ4n) is 3.44. The molecule has 0 unspecified atom stereocenters. The number of hydrogen-bond donors (Lipinski definition) is 1. The van der Waals surface area contributed by atoms with Crippen LogP contribution in [0.3, 0.4) is 0 Å². The van der Waals surface area contributed by atoms with Gasteiger partial charge >= 0.3 is 0 Å². The van der Waals surface area contributed by atoms with E-state index in [9.17, 15) is 0 Å². The summed E-state index contributed by atoms with van der Waals surface area (Å²) in [5, 5.41) is 3.79. The van der Waals surface area contributed by atoms with Crippen LogP contribution in [0.25, 0.3) is 0 Å². The zero-order valence-corrected chi connectivity index (χ0v) is 14.9. The smallest absolute Gasteiger partial charge is 0.00967 e. The second kappa shape index (κ2) is 7.79. The van der Waals surface area contributed by atoms with Crippen molar-refractivity contribution in [1.29, 1.82) is 0 Å². The quantitative estimate of drug-likeness (QED) is 0.749. The summed E-state index contributed by atoms with van der Waals surface area (Å²) in [5.41, 5.74) is 0.746. The Morgan fingerprint density at radius 1 is 1.10 bits per heavy atom. The molecular formula is C18H38N2. The number of nitrogens with one attached hydrogen (secondary N) is 1. The van der Waals surface area contributed by atoms with Crippen LogP contribution in [0.15, 0.2) is 0 Å². The van der Waals surface area contributed by atoms with Crippen molar-refractivity contribution in [3.63, 3.8) is 0 Å². The molecule has 1 N–H and O–H groups in total. The van der Waals surface area contributed by atoms with Gasteiger partial charge in [0, 0.05) is 25.2 Å². The van der Waals surface area contributed by atoms with Gasteiger partial charge in [0.15, 0.2) is 0 Å². The van der Waals surface area contributed by atoms with Crippen LogP contribution in [-0.4, -0.2) is 36.6 Å². The average Bonchev–Trinajstić information content (AvgIpc) is 2.36. The van der Waals surface area contributed by atoms with E-state index >= 15 is 0 Å². The topological polar surface area (TPSA) is 15.3 Å². The second-order valence-electron chi connectivity index (χ2n) is 8.39. The first kappa shape index (κ1) is 18.0. The number of hydrogen-bond acceptors (Lipinski definition) is 2. The molecule has 0 atom stereocenters. The van der Waals surface area contributed by atoms with Crippen LogP contribution in [0, 0.1) is 11.3 Å². The Morgan fingerprint density at radius 3 is 2.15 bits per heavy atom. The summed E-state index contributed by atoms with van der Waals surface area (Å²) in [7, 11) is 0. The summed E-state index contributed by atoms with van der Waals surface area (Å²) < 4.78 is 0. The van der Waals surface area contributed by atoms with Crippen molar-refractivity contribution < 1.29 is 0 Å². The zero-order chi connectivity index (χ0) is 15.2. The first-order chi connectivity index (χ1) is 9.26. The lowest BCUT2D eigenvalue weighted by Crippen LogP contribution is -2.50. The van der Waals surface area contributed by atoms with E-state index in [1.54, 1.807) is 0 Å². The Balaban J connectivity index is 2.66. The van der Waals surface area contributed by atoms with Crippen molar-refractivity contribution in [2.24, 2.45) is 11.3 Å². The predicted molar refractivity (Wildman–Crippen MR) is 90.2 cm³/mol. The van der Waals surface area contributed by atoms with Gasteiger partial charge in [-0.1, -0.05) is 40.0 Å². The van der Waals surface area contributed by atoms with Crippen LogP contribution in [0.1, 0.15) is 73.6 Å². The van der Waals surface area contributed by atoms with Crippen molar-refractivity contribution in [3.05, 3.63) is 0 Å². The van der Waals surface area contributed by atoms with E-state index in [0.717, 1.165) is 5.92 Å². The van der Waals surface area contributed by atoms with Gasteiger partial charge < -0.3 is 10.2 Å². The third-order valence-corrected chi connectivity index (χ3v) is 4.54. The third kappa shape index (κ3) is 6.58. The summed E-state index contributed by atoms with van der Waals surface area (Å²) in [4.78, 5) is 2.68. The highest BCUT2D eigenvalue weighted by molar-refractivity contribution is 4.90. The highest BCUT2D eigenvalue weighted by atomic mass is 15.1. The Labute approximate surface area is 127 Å². The summed E-state index contributed by atoms with van der Waals surface area (Å²) in [6.45, 7) is 18.8. The highest BCUT2D eigenvalue weighted by Crippen LogP contribution is 2.37. The molecule has 0 amide bonds. The molecule has 0 radical (unpaired) electrons. The van der Waals surface area contributed by atoms with Crippen molar-refractivity contribution in [2.45, 2.75) is 79.2 Å². The van der Waals surface area contributed by atoms with Crippen molar-refractivity contribution in [2.75, 3.05) is 26.2 Å². The molecule has 0 saturated heterocycles. The van der Waals surface area contributed by atoms with Crippen molar-refractivity contribution in [3.8, 4) is 0 Å². The van der Waals surface area contributed by atoms with E-state index in [1.807, 2.05) is 0 Å². The molecule has 0 bridgehead atoms. The molecule has 0 heterocycles. The summed E-state index contributed by atoms with van der Waals surface area (Å²) >= 11 is 0. The molecular weight excluding hydrogens is 244 g/mol. The molecule has 1 aliphatic carbocycles. The van der Waals surface area contributed by atoms with E-state index in [2.05, 4.69) is 51.8 Å². The Kier molecular flexibility index (Phi) is 7.00. The zero-order valence-electron chi connectivity index (χ0n) is 14.9. The molecule has 2 nitrogen and oxygen atoms in total.